The molecule has 3 heterocycles. The maximum atomic E-state index is 10.9. The van der Waals surface area contributed by atoms with Crippen LogP contribution in [0.25, 0.3) is 11.2 Å². The van der Waals surface area contributed by atoms with Crippen LogP contribution in [0.1, 0.15) is 0 Å². The van der Waals surface area contributed by atoms with Crippen molar-refractivity contribution in [3.8, 4) is 0 Å². The maximum absolute atomic E-state index is 10.9. The van der Waals surface area contributed by atoms with Crippen LogP contribution < -0.4 is 4.90 Å². The molecule has 8 nitrogen and oxygen atoms in total. The van der Waals surface area contributed by atoms with Gasteiger partial charge in [0.15, 0.2) is 11.5 Å². The van der Waals surface area contributed by atoms with Crippen LogP contribution in [0.3, 0.4) is 0 Å². The van der Waals surface area contributed by atoms with Crippen molar-refractivity contribution in [3.05, 3.63) is 11.6 Å². The van der Waals surface area contributed by atoms with E-state index >= 15 is 0 Å². The number of nitrogens with zero attached hydrogens (tertiary/aromatic N) is 5. The standard InChI is InChI=1S/C10H11ClN6O2/c11-9-14-7-6(12-5-13-7)8(15-9)16-1-3-17(4-2-16)10(18)19/h5H,1-4H2,(H,18,19)(H,12,13,14,15). The minimum absolute atomic E-state index is 0.135. The van der Waals surface area contributed by atoms with Gasteiger partial charge in [0.25, 0.3) is 0 Å². The lowest BCUT2D eigenvalue weighted by Gasteiger charge is -2.33. The summed E-state index contributed by atoms with van der Waals surface area (Å²) in [6, 6.07) is 0. The second-order valence-electron chi connectivity index (χ2n) is 4.17. The molecule has 1 aliphatic heterocycles. The number of anilines is 1. The van der Waals surface area contributed by atoms with E-state index in [2.05, 4.69) is 19.9 Å². The summed E-state index contributed by atoms with van der Waals surface area (Å²) in [5, 5.41) is 9.06. The molecule has 2 aromatic heterocycles. The number of aromatic nitrogens is 4. The van der Waals surface area contributed by atoms with Crippen LogP contribution in [-0.2, 0) is 0 Å². The third-order valence-corrected chi connectivity index (χ3v) is 3.26. The smallest absolute Gasteiger partial charge is 0.407 e. The van der Waals surface area contributed by atoms with Gasteiger partial charge in [0.1, 0.15) is 5.52 Å². The summed E-state index contributed by atoms with van der Waals surface area (Å²) < 4.78 is 0. The van der Waals surface area contributed by atoms with E-state index in [0.29, 0.717) is 43.2 Å². The lowest BCUT2D eigenvalue weighted by Crippen LogP contribution is -2.48. The molecule has 0 radical (unpaired) electrons. The van der Waals surface area contributed by atoms with Gasteiger partial charge in [0.05, 0.1) is 6.33 Å². The molecule has 0 unspecified atom stereocenters. The fourth-order valence-corrected chi connectivity index (χ4v) is 2.29. The second kappa shape index (κ2) is 4.54. The van der Waals surface area contributed by atoms with Crippen molar-refractivity contribution in [2.24, 2.45) is 0 Å². The van der Waals surface area contributed by atoms with Crippen LogP contribution in [-0.4, -0.2) is 62.2 Å². The van der Waals surface area contributed by atoms with E-state index in [1.807, 2.05) is 4.90 Å². The summed E-state index contributed by atoms with van der Waals surface area (Å²) >= 11 is 5.87. The first kappa shape index (κ1) is 12.0. The largest absolute Gasteiger partial charge is 0.465 e. The van der Waals surface area contributed by atoms with Crippen molar-refractivity contribution < 1.29 is 9.90 Å². The fourth-order valence-electron chi connectivity index (χ4n) is 2.13. The van der Waals surface area contributed by atoms with Gasteiger partial charge in [-0.3, -0.25) is 0 Å². The SMILES string of the molecule is O=C(O)N1CCN(c2nc(Cl)nc3nc[nH]c23)CC1. The van der Waals surface area contributed by atoms with Crippen LogP contribution in [0, 0.1) is 0 Å². The highest BCUT2D eigenvalue weighted by molar-refractivity contribution is 6.28. The van der Waals surface area contributed by atoms with Gasteiger partial charge in [0, 0.05) is 26.2 Å². The van der Waals surface area contributed by atoms with Crippen molar-refractivity contribution in [2.45, 2.75) is 0 Å². The van der Waals surface area contributed by atoms with Gasteiger partial charge in [-0.05, 0) is 11.6 Å². The summed E-state index contributed by atoms with van der Waals surface area (Å²) in [6.45, 7) is 2.00. The van der Waals surface area contributed by atoms with Crippen LogP contribution >= 0.6 is 11.6 Å². The van der Waals surface area contributed by atoms with Gasteiger partial charge in [-0.2, -0.15) is 9.97 Å². The molecule has 2 aromatic rings. The van der Waals surface area contributed by atoms with E-state index in [1.54, 1.807) is 0 Å². The minimum Gasteiger partial charge on any atom is -0.465 e. The second-order valence-corrected chi connectivity index (χ2v) is 4.51. The zero-order valence-electron chi connectivity index (χ0n) is 9.88. The average molecular weight is 283 g/mol. The number of piperazine rings is 1. The van der Waals surface area contributed by atoms with E-state index in [9.17, 15) is 4.79 Å². The van der Waals surface area contributed by atoms with Gasteiger partial charge in [-0.25, -0.2) is 9.78 Å². The Morgan fingerprint density at radius 3 is 2.74 bits per heavy atom. The van der Waals surface area contributed by atoms with E-state index in [-0.39, 0.29) is 5.28 Å². The van der Waals surface area contributed by atoms with Gasteiger partial charge >= 0.3 is 6.09 Å². The zero-order chi connectivity index (χ0) is 13.4. The van der Waals surface area contributed by atoms with Gasteiger partial charge < -0.3 is 19.9 Å². The number of rotatable bonds is 1. The third kappa shape index (κ3) is 2.14. The number of imidazole rings is 1. The molecular formula is C10H11ClN6O2. The van der Waals surface area contributed by atoms with Gasteiger partial charge in [-0.1, -0.05) is 0 Å². The predicted octanol–water partition coefficient (Wildman–Crippen LogP) is 0.806. The summed E-state index contributed by atoms with van der Waals surface area (Å²) in [6.07, 6.45) is 0.638. The van der Waals surface area contributed by atoms with Crippen LogP contribution in [0.5, 0.6) is 0 Å². The molecular weight excluding hydrogens is 272 g/mol. The van der Waals surface area contributed by atoms with Crippen molar-refractivity contribution >= 4 is 34.7 Å². The van der Waals surface area contributed by atoms with Crippen LogP contribution in [0.4, 0.5) is 10.6 Å². The van der Waals surface area contributed by atoms with Gasteiger partial charge in [0.2, 0.25) is 5.28 Å². The van der Waals surface area contributed by atoms with E-state index in [0.717, 1.165) is 0 Å². The van der Waals surface area contributed by atoms with Crippen molar-refractivity contribution in [2.75, 3.05) is 31.1 Å². The molecule has 1 fully saturated rings. The zero-order valence-corrected chi connectivity index (χ0v) is 10.6. The van der Waals surface area contributed by atoms with Crippen molar-refractivity contribution in [3.63, 3.8) is 0 Å². The Morgan fingerprint density at radius 1 is 1.32 bits per heavy atom. The minimum atomic E-state index is -0.896. The Morgan fingerprint density at radius 2 is 2.05 bits per heavy atom. The molecule has 0 atom stereocenters. The molecule has 1 aliphatic rings. The summed E-state index contributed by atoms with van der Waals surface area (Å²) in [5.41, 5.74) is 1.23. The average Bonchev–Trinajstić information content (AvgIpc) is 2.85. The molecule has 100 valence electrons. The van der Waals surface area contributed by atoms with Crippen LogP contribution in [0.2, 0.25) is 5.28 Å². The summed E-state index contributed by atoms with van der Waals surface area (Å²) in [7, 11) is 0. The Hall–Kier alpha value is -2.09. The van der Waals surface area contributed by atoms with E-state index in [4.69, 9.17) is 16.7 Å². The van der Waals surface area contributed by atoms with Crippen LogP contribution in [0.15, 0.2) is 6.33 Å². The molecule has 0 aromatic carbocycles. The molecule has 0 saturated carbocycles. The Balaban J connectivity index is 1.89. The lowest BCUT2D eigenvalue weighted by atomic mass is 10.3. The monoisotopic (exact) mass is 282 g/mol. The predicted molar refractivity (Wildman–Crippen MR) is 68.5 cm³/mol. The molecule has 9 heteroatoms. The number of hydrogen-bond donors (Lipinski definition) is 2. The number of carboxylic acid groups (broad SMARTS) is 1. The molecule has 1 saturated heterocycles. The quantitative estimate of drug-likeness (QED) is 0.751. The lowest BCUT2D eigenvalue weighted by molar-refractivity contribution is 0.142. The normalized spacial score (nSPS) is 16.1. The molecule has 0 spiro atoms. The number of amides is 1. The highest BCUT2D eigenvalue weighted by Gasteiger charge is 2.23. The Labute approximate surface area is 113 Å². The first-order valence-electron chi connectivity index (χ1n) is 5.74. The number of fused-ring (bicyclic) bond motifs is 1. The number of aromatic amines is 1. The maximum Gasteiger partial charge on any atom is 0.407 e. The highest BCUT2D eigenvalue weighted by Crippen LogP contribution is 2.23. The number of hydrogen-bond acceptors (Lipinski definition) is 5. The first-order chi connectivity index (χ1) is 9.15. The molecule has 2 N–H and O–H groups in total. The third-order valence-electron chi connectivity index (χ3n) is 3.09. The molecule has 0 aliphatic carbocycles. The first-order valence-corrected chi connectivity index (χ1v) is 6.12. The van der Waals surface area contributed by atoms with Crippen molar-refractivity contribution in [1.29, 1.82) is 0 Å². The number of nitrogens with one attached hydrogen (secondary N) is 1. The number of H-pyrrole nitrogens is 1. The van der Waals surface area contributed by atoms with E-state index < -0.39 is 6.09 Å². The molecule has 3 rings (SSSR count). The van der Waals surface area contributed by atoms with E-state index in [1.165, 1.54) is 11.2 Å². The number of carbonyl (C=O) groups is 1. The highest BCUT2D eigenvalue weighted by atomic mass is 35.5. The fraction of sp³-hybridized carbons (Fsp3) is 0.400. The Bertz CT molecular complexity index is 622. The number of halogens is 1. The van der Waals surface area contributed by atoms with Crippen molar-refractivity contribution in [1.82, 2.24) is 24.8 Å². The molecule has 1 amide bonds. The topological polar surface area (TPSA) is 98.2 Å². The Kier molecular flexibility index (Phi) is 2.86. The summed E-state index contributed by atoms with van der Waals surface area (Å²) in [5.74, 6) is 0.664. The van der Waals surface area contributed by atoms with Gasteiger partial charge in [-0.15, -0.1) is 0 Å². The summed E-state index contributed by atoms with van der Waals surface area (Å²) in [4.78, 5) is 29.5. The molecule has 19 heavy (non-hydrogen) atoms. The molecule has 0 bridgehead atoms.